The molecule has 0 unspecified atom stereocenters. The van der Waals surface area contributed by atoms with Gasteiger partial charge in [-0.05, 0) is 63.2 Å². The van der Waals surface area contributed by atoms with Crippen LogP contribution in [0, 0.1) is 34.0 Å². The van der Waals surface area contributed by atoms with Gasteiger partial charge in [-0.15, -0.1) is 11.6 Å². The van der Waals surface area contributed by atoms with Crippen LogP contribution in [0.4, 0.5) is 4.39 Å². The highest BCUT2D eigenvalue weighted by atomic mass is 35.5. The fraction of sp³-hybridized carbons (Fsp3) is 0.800. The molecular formula is C25H36ClFO2. The lowest BCUT2D eigenvalue weighted by molar-refractivity contribution is -0.206. The predicted molar refractivity (Wildman–Crippen MR) is 116 cm³/mol. The van der Waals surface area contributed by atoms with E-state index in [-0.39, 0.29) is 23.5 Å². The van der Waals surface area contributed by atoms with Gasteiger partial charge in [-0.25, -0.2) is 4.39 Å². The summed E-state index contributed by atoms with van der Waals surface area (Å²) in [4.78, 5) is 13.5. The Kier molecular flexibility index (Phi) is 5.14. The molecule has 0 spiro atoms. The molecule has 4 heteroatoms. The first-order chi connectivity index (χ1) is 13.6. The van der Waals surface area contributed by atoms with Crippen molar-refractivity contribution in [3.8, 4) is 0 Å². The average Bonchev–Trinajstić information content (AvgIpc) is 2.95. The van der Waals surface area contributed by atoms with Gasteiger partial charge in [-0.2, -0.15) is 0 Å². The smallest absolute Gasteiger partial charge is 0.152 e. The van der Waals surface area contributed by atoms with E-state index < -0.39 is 28.0 Å². The van der Waals surface area contributed by atoms with E-state index >= 15 is 4.39 Å². The van der Waals surface area contributed by atoms with E-state index in [1.54, 1.807) is 0 Å². The summed E-state index contributed by atoms with van der Waals surface area (Å²) in [5.74, 6) is 0.480. The number of hydrogen-bond acceptors (Lipinski definition) is 2. The molecule has 3 fully saturated rings. The summed E-state index contributed by atoms with van der Waals surface area (Å²) >= 11 is 6.22. The second-order valence-corrected chi connectivity index (χ2v) is 11.2. The van der Waals surface area contributed by atoms with E-state index in [0.29, 0.717) is 18.7 Å². The van der Waals surface area contributed by atoms with Crippen molar-refractivity contribution < 1.29 is 14.3 Å². The number of ketones is 1. The third-order valence-electron chi connectivity index (χ3n) is 9.58. The fourth-order valence-corrected chi connectivity index (χ4v) is 8.44. The van der Waals surface area contributed by atoms with Crippen molar-refractivity contribution in [3.63, 3.8) is 0 Å². The number of aliphatic hydroxyl groups is 1. The van der Waals surface area contributed by atoms with Gasteiger partial charge in [0.2, 0.25) is 0 Å². The van der Waals surface area contributed by atoms with Gasteiger partial charge in [0.25, 0.3) is 0 Å². The van der Waals surface area contributed by atoms with Crippen molar-refractivity contribution >= 4 is 17.4 Å². The summed E-state index contributed by atoms with van der Waals surface area (Å²) in [6, 6.07) is 0. The van der Waals surface area contributed by atoms with Crippen LogP contribution in [0.1, 0.15) is 72.6 Å². The van der Waals surface area contributed by atoms with Crippen LogP contribution in [-0.4, -0.2) is 28.5 Å². The Morgan fingerprint density at radius 1 is 1.31 bits per heavy atom. The normalized spacial score (nSPS) is 48.7. The van der Waals surface area contributed by atoms with Crippen molar-refractivity contribution in [1.29, 1.82) is 0 Å². The molecule has 4 rings (SSSR count). The molecule has 1 N–H and O–H groups in total. The molecule has 4 aliphatic rings. The first-order valence-corrected chi connectivity index (χ1v) is 12.0. The molecule has 0 heterocycles. The number of carbonyl (C=O) groups is 1. The molecule has 0 aliphatic heterocycles. The van der Waals surface area contributed by atoms with Crippen LogP contribution in [0.25, 0.3) is 0 Å². The summed E-state index contributed by atoms with van der Waals surface area (Å²) in [5, 5.41) is 11.4. The maximum absolute atomic E-state index is 17.1. The molecule has 0 amide bonds. The first kappa shape index (κ1) is 21.6. The number of halogens is 2. The number of allylic oxidation sites excluding steroid dienone is 4. The third kappa shape index (κ3) is 2.53. The van der Waals surface area contributed by atoms with Gasteiger partial charge < -0.3 is 5.11 Å². The van der Waals surface area contributed by atoms with Gasteiger partial charge >= 0.3 is 0 Å². The van der Waals surface area contributed by atoms with Crippen LogP contribution in [0.3, 0.4) is 0 Å². The number of hydrogen-bond donors (Lipinski definition) is 1. The van der Waals surface area contributed by atoms with E-state index in [2.05, 4.69) is 13.0 Å². The maximum atomic E-state index is 17.1. The maximum Gasteiger partial charge on any atom is 0.152 e. The molecule has 0 radical (unpaired) electrons. The molecule has 162 valence electrons. The molecule has 0 bridgehead atoms. The molecule has 29 heavy (non-hydrogen) atoms. The minimum absolute atomic E-state index is 0.0809. The highest BCUT2D eigenvalue weighted by Gasteiger charge is 2.73. The van der Waals surface area contributed by atoms with Crippen molar-refractivity contribution in [3.05, 3.63) is 23.8 Å². The SMILES string of the molecule is CC(C)C(=O)[C@]1(CCCl)CC[C@H]2[C@@H]3CCC4=CCC=C[C@]4(C)[C@@]3(F)[C@@H](O)C[C@@]21C. The number of carbonyl (C=O) groups excluding carboxylic acids is 1. The van der Waals surface area contributed by atoms with Gasteiger partial charge in [0.1, 0.15) is 5.78 Å². The zero-order valence-corrected chi connectivity index (χ0v) is 19.1. The Balaban J connectivity index is 1.81. The summed E-state index contributed by atoms with van der Waals surface area (Å²) in [6.45, 7) is 8.05. The van der Waals surface area contributed by atoms with Crippen LogP contribution >= 0.6 is 11.6 Å². The standard InChI is InChI=1S/C25H36ClFO2/c1-16(2)21(29)24(13-14-26)12-10-18-19-9-8-17-7-5-6-11-22(17,3)25(19,27)20(28)15-23(18,24)4/h6-7,11,16,18-20,28H,5,8-10,12-15H2,1-4H3/t18-,19-,20-,22-,23-,24+,25-/m0/s1. The van der Waals surface area contributed by atoms with Crippen LogP contribution in [0.5, 0.6) is 0 Å². The van der Waals surface area contributed by atoms with Gasteiger partial charge in [-0.1, -0.05) is 44.6 Å². The molecule has 0 saturated heterocycles. The largest absolute Gasteiger partial charge is 0.390 e. The van der Waals surface area contributed by atoms with Crippen molar-refractivity contribution in [2.45, 2.75) is 84.4 Å². The Labute approximate surface area is 180 Å². The summed E-state index contributed by atoms with van der Waals surface area (Å²) in [7, 11) is 0. The molecule has 0 aromatic rings. The van der Waals surface area contributed by atoms with Gasteiger partial charge in [-0.3, -0.25) is 4.79 Å². The number of fused-ring (bicyclic) bond motifs is 5. The van der Waals surface area contributed by atoms with Crippen LogP contribution in [0.15, 0.2) is 23.8 Å². The molecule has 2 nitrogen and oxygen atoms in total. The Bertz CT molecular complexity index is 760. The average molecular weight is 423 g/mol. The lowest BCUT2D eigenvalue weighted by Gasteiger charge is -2.63. The molecule has 3 saturated carbocycles. The number of alkyl halides is 2. The zero-order chi connectivity index (χ0) is 21.2. The zero-order valence-electron chi connectivity index (χ0n) is 18.3. The fourth-order valence-electron chi connectivity index (χ4n) is 8.12. The molecule has 4 aliphatic carbocycles. The molecular weight excluding hydrogens is 387 g/mol. The Morgan fingerprint density at radius 2 is 2.03 bits per heavy atom. The van der Waals surface area contributed by atoms with Crippen molar-refractivity contribution in [2.75, 3.05) is 5.88 Å². The molecule has 7 atom stereocenters. The topological polar surface area (TPSA) is 37.3 Å². The lowest BCUT2D eigenvalue weighted by atomic mass is 9.43. The van der Waals surface area contributed by atoms with Crippen LogP contribution in [0.2, 0.25) is 0 Å². The lowest BCUT2D eigenvalue weighted by Crippen LogP contribution is -2.68. The summed E-state index contributed by atoms with van der Waals surface area (Å²) in [6.07, 6.45) is 10.2. The van der Waals surface area contributed by atoms with Gasteiger partial charge in [0, 0.05) is 28.5 Å². The first-order valence-electron chi connectivity index (χ1n) is 11.4. The quantitative estimate of drug-likeness (QED) is 0.444. The number of aliphatic hydroxyl groups excluding tert-OH is 1. The highest BCUT2D eigenvalue weighted by Crippen LogP contribution is 2.72. The van der Waals surface area contributed by atoms with E-state index in [1.807, 2.05) is 32.9 Å². The minimum Gasteiger partial charge on any atom is -0.390 e. The van der Waals surface area contributed by atoms with Gasteiger partial charge in [0.05, 0.1) is 6.10 Å². The Morgan fingerprint density at radius 3 is 2.69 bits per heavy atom. The second-order valence-electron chi connectivity index (χ2n) is 10.8. The predicted octanol–water partition coefficient (Wildman–Crippen LogP) is 6.02. The Hall–Kier alpha value is -0.670. The second kappa shape index (κ2) is 6.92. The summed E-state index contributed by atoms with van der Waals surface area (Å²) < 4.78 is 17.1. The van der Waals surface area contributed by atoms with Gasteiger partial charge in [0.15, 0.2) is 5.67 Å². The summed E-state index contributed by atoms with van der Waals surface area (Å²) in [5.41, 5.74) is -2.22. The molecule has 0 aromatic carbocycles. The van der Waals surface area contributed by atoms with E-state index in [4.69, 9.17) is 11.6 Å². The molecule has 0 aromatic heterocycles. The number of Topliss-reactive ketones (excluding diaryl/α,β-unsaturated/α-hetero) is 1. The van der Waals surface area contributed by atoms with E-state index in [1.165, 1.54) is 0 Å². The third-order valence-corrected chi connectivity index (χ3v) is 9.77. The van der Waals surface area contributed by atoms with Crippen molar-refractivity contribution in [2.24, 2.45) is 34.0 Å². The van der Waals surface area contributed by atoms with Crippen molar-refractivity contribution in [1.82, 2.24) is 0 Å². The van der Waals surface area contributed by atoms with E-state index in [9.17, 15) is 9.90 Å². The number of rotatable bonds is 4. The van der Waals surface area contributed by atoms with Crippen LogP contribution in [-0.2, 0) is 4.79 Å². The van der Waals surface area contributed by atoms with Crippen LogP contribution < -0.4 is 0 Å². The minimum atomic E-state index is -1.67. The monoisotopic (exact) mass is 422 g/mol. The highest BCUT2D eigenvalue weighted by molar-refractivity contribution is 6.18. The van der Waals surface area contributed by atoms with E-state index in [0.717, 1.165) is 37.7 Å².